The summed E-state index contributed by atoms with van der Waals surface area (Å²) in [4.78, 5) is 0. The quantitative estimate of drug-likeness (QED) is 0.725. The van der Waals surface area contributed by atoms with Crippen molar-refractivity contribution < 1.29 is 8.42 Å². The van der Waals surface area contributed by atoms with E-state index in [9.17, 15) is 8.42 Å². The molecular weight excluding hydrogens is 272 g/mol. The van der Waals surface area contributed by atoms with Crippen molar-refractivity contribution in [1.29, 1.82) is 0 Å². The van der Waals surface area contributed by atoms with Gasteiger partial charge in [-0.25, -0.2) is 8.42 Å². The second kappa shape index (κ2) is 6.59. The lowest BCUT2D eigenvalue weighted by Crippen LogP contribution is -2.20. The van der Waals surface area contributed by atoms with Crippen LogP contribution in [0.4, 0.5) is 5.69 Å². The third kappa shape index (κ3) is 5.13. The van der Waals surface area contributed by atoms with Crippen LogP contribution in [0.2, 0.25) is 0 Å². The fraction of sp³-hybridized carbons (Fsp3) is 0.600. The van der Waals surface area contributed by atoms with Gasteiger partial charge in [0.25, 0.3) is 0 Å². The van der Waals surface area contributed by atoms with Crippen molar-refractivity contribution in [2.45, 2.75) is 45.6 Å². The van der Waals surface area contributed by atoms with Crippen LogP contribution in [0, 0.1) is 13.8 Å². The van der Waals surface area contributed by atoms with E-state index in [0.29, 0.717) is 18.2 Å². The van der Waals surface area contributed by atoms with E-state index in [1.165, 1.54) is 12.8 Å². The lowest BCUT2D eigenvalue weighted by Gasteiger charge is -2.11. The molecule has 2 N–H and O–H groups in total. The van der Waals surface area contributed by atoms with Crippen LogP contribution in [0.5, 0.6) is 0 Å². The monoisotopic (exact) mass is 296 g/mol. The summed E-state index contributed by atoms with van der Waals surface area (Å²) in [6.45, 7) is 4.79. The first-order valence-corrected chi connectivity index (χ1v) is 8.93. The predicted molar refractivity (Wildman–Crippen MR) is 83.6 cm³/mol. The zero-order valence-electron chi connectivity index (χ0n) is 12.3. The summed E-state index contributed by atoms with van der Waals surface area (Å²) >= 11 is 0. The number of nitrogens with one attached hydrogen (secondary N) is 2. The zero-order chi connectivity index (χ0) is 14.6. The summed E-state index contributed by atoms with van der Waals surface area (Å²) < 4.78 is 26.8. The second-order valence-corrected chi connectivity index (χ2v) is 7.52. The van der Waals surface area contributed by atoms with Crippen molar-refractivity contribution in [3.05, 3.63) is 29.3 Å². The molecule has 0 heterocycles. The van der Waals surface area contributed by atoms with E-state index < -0.39 is 10.0 Å². The average molecular weight is 296 g/mol. The third-order valence-electron chi connectivity index (χ3n) is 3.51. The lowest BCUT2D eigenvalue weighted by molar-refractivity contribution is 0.591. The number of anilines is 1. The molecule has 0 unspecified atom stereocenters. The van der Waals surface area contributed by atoms with Gasteiger partial charge >= 0.3 is 0 Å². The van der Waals surface area contributed by atoms with Gasteiger partial charge < -0.3 is 5.32 Å². The van der Waals surface area contributed by atoms with Crippen molar-refractivity contribution in [1.82, 2.24) is 5.32 Å². The van der Waals surface area contributed by atoms with Gasteiger partial charge in [0, 0.05) is 6.04 Å². The van der Waals surface area contributed by atoms with Crippen LogP contribution in [-0.4, -0.2) is 26.8 Å². The van der Waals surface area contributed by atoms with Gasteiger partial charge in [-0.1, -0.05) is 12.1 Å². The molecule has 0 saturated heterocycles. The molecule has 0 spiro atoms. The third-order valence-corrected chi connectivity index (χ3v) is 4.87. The molecule has 4 nitrogen and oxygen atoms in total. The predicted octanol–water partition coefficient (Wildman–Crippen LogP) is 2.58. The normalized spacial score (nSPS) is 15.3. The van der Waals surface area contributed by atoms with E-state index >= 15 is 0 Å². The van der Waals surface area contributed by atoms with E-state index in [4.69, 9.17) is 0 Å². The summed E-state index contributed by atoms with van der Waals surface area (Å²) in [5, 5.41) is 3.39. The molecule has 0 atom stereocenters. The lowest BCUT2D eigenvalue weighted by atomic mass is 10.1. The molecule has 1 aromatic carbocycles. The van der Waals surface area contributed by atoms with Crippen LogP contribution in [0.1, 0.15) is 36.8 Å². The summed E-state index contributed by atoms with van der Waals surface area (Å²) in [7, 11) is -3.24. The Hall–Kier alpha value is -1.07. The zero-order valence-corrected chi connectivity index (χ0v) is 13.1. The Bertz CT molecular complexity index is 551. The maximum absolute atomic E-state index is 12.0. The van der Waals surface area contributed by atoms with Crippen LogP contribution in [0.3, 0.4) is 0 Å². The molecule has 20 heavy (non-hydrogen) atoms. The number of unbranched alkanes of at least 4 members (excludes halogenated alkanes) is 1. The number of rotatable bonds is 8. The fourth-order valence-electron chi connectivity index (χ4n) is 2.08. The molecule has 1 fully saturated rings. The summed E-state index contributed by atoms with van der Waals surface area (Å²) in [5.41, 5.74) is 2.71. The first-order chi connectivity index (χ1) is 9.46. The number of sulfonamides is 1. The maximum atomic E-state index is 12.0. The highest BCUT2D eigenvalue weighted by Gasteiger charge is 2.19. The van der Waals surface area contributed by atoms with E-state index in [-0.39, 0.29) is 5.75 Å². The minimum atomic E-state index is -3.24. The Kier molecular flexibility index (Phi) is 5.05. The molecule has 0 radical (unpaired) electrons. The number of hydrogen-bond acceptors (Lipinski definition) is 3. The highest BCUT2D eigenvalue weighted by Crippen LogP contribution is 2.19. The molecule has 0 aliphatic heterocycles. The molecule has 0 aromatic heterocycles. The Morgan fingerprint density at radius 2 is 1.95 bits per heavy atom. The second-order valence-electron chi connectivity index (χ2n) is 5.67. The Balaban J connectivity index is 1.78. The van der Waals surface area contributed by atoms with Gasteiger partial charge in [0.2, 0.25) is 10.0 Å². The van der Waals surface area contributed by atoms with E-state index in [1.807, 2.05) is 32.0 Å². The van der Waals surface area contributed by atoms with E-state index in [2.05, 4.69) is 10.0 Å². The van der Waals surface area contributed by atoms with Gasteiger partial charge in [-0.3, -0.25) is 4.72 Å². The van der Waals surface area contributed by atoms with Crippen molar-refractivity contribution in [2.24, 2.45) is 0 Å². The summed E-state index contributed by atoms with van der Waals surface area (Å²) in [6, 6.07) is 6.49. The number of aryl methyl sites for hydroxylation is 2. The van der Waals surface area contributed by atoms with Gasteiger partial charge in [0.15, 0.2) is 0 Å². The summed E-state index contributed by atoms with van der Waals surface area (Å²) in [6.07, 6.45) is 4.14. The Labute approximate surface area is 122 Å². The van der Waals surface area contributed by atoms with Crippen LogP contribution >= 0.6 is 0 Å². The maximum Gasteiger partial charge on any atom is 0.232 e. The largest absolute Gasteiger partial charge is 0.314 e. The minimum Gasteiger partial charge on any atom is -0.314 e. The van der Waals surface area contributed by atoms with Gasteiger partial charge in [-0.05, 0) is 63.3 Å². The molecule has 5 heteroatoms. The molecular formula is C15H24N2O2S. The molecule has 0 amide bonds. The Morgan fingerprint density at radius 1 is 1.20 bits per heavy atom. The van der Waals surface area contributed by atoms with Gasteiger partial charge in [0.1, 0.15) is 0 Å². The molecule has 1 saturated carbocycles. The molecule has 1 aliphatic carbocycles. The molecule has 112 valence electrons. The van der Waals surface area contributed by atoms with Crippen molar-refractivity contribution >= 4 is 15.7 Å². The average Bonchev–Trinajstić information content (AvgIpc) is 3.17. The summed E-state index contributed by atoms with van der Waals surface area (Å²) in [5.74, 6) is 0.187. The molecule has 0 bridgehead atoms. The SMILES string of the molecule is Cc1ccc(C)c(NS(=O)(=O)CCCCNC2CC2)c1. The highest BCUT2D eigenvalue weighted by molar-refractivity contribution is 7.92. The number of hydrogen-bond donors (Lipinski definition) is 2. The molecule has 1 aromatic rings. The van der Waals surface area contributed by atoms with Gasteiger partial charge in [-0.2, -0.15) is 0 Å². The van der Waals surface area contributed by atoms with E-state index in [0.717, 1.165) is 24.1 Å². The van der Waals surface area contributed by atoms with E-state index in [1.54, 1.807) is 0 Å². The smallest absolute Gasteiger partial charge is 0.232 e. The first kappa shape index (κ1) is 15.3. The van der Waals surface area contributed by atoms with Crippen LogP contribution in [0.15, 0.2) is 18.2 Å². The van der Waals surface area contributed by atoms with Gasteiger partial charge in [0.05, 0.1) is 11.4 Å². The van der Waals surface area contributed by atoms with Crippen molar-refractivity contribution in [2.75, 3.05) is 17.0 Å². The van der Waals surface area contributed by atoms with Crippen LogP contribution in [-0.2, 0) is 10.0 Å². The van der Waals surface area contributed by atoms with Gasteiger partial charge in [-0.15, -0.1) is 0 Å². The van der Waals surface area contributed by atoms with Crippen LogP contribution in [0.25, 0.3) is 0 Å². The van der Waals surface area contributed by atoms with Crippen LogP contribution < -0.4 is 10.0 Å². The molecule has 2 rings (SSSR count). The van der Waals surface area contributed by atoms with Crippen molar-refractivity contribution in [3.63, 3.8) is 0 Å². The first-order valence-electron chi connectivity index (χ1n) is 7.27. The highest BCUT2D eigenvalue weighted by atomic mass is 32.2. The number of benzene rings is 1. The van der Waals surface area contributed by atoms with Crippen molar-refractivity contribution in [3.8, 4) is 0 Å². The standard InChI is InChI=1S/C15H24N2O2S/c1-12-5-6-13(2)15(11-12)17-20(18,19)10-4-3-9-16-14-7-8-14/h5-6,11,14,16-17H,3-4,7-10H2,1-2H3. The molecule has 1 aliphatic rings. The topological polar surface area (TPSA) is 58.2 Å². The fourth-order valence-corrected chi connectivity index (χ4v) is 3.32. The Morgan fingerprint density at radius 3 is 2.65 bits per heavy atom. The minimum absolute atomic E-state index is 0.187.